The fraction of sp³-hybridized carbons (Fsp3) is 0.310. The summed E-state index contributed by atoms with van der Waals surface area (Å²) in [4.78, 5) is 20.2. The molecule has 0 fully saturated rings. The molecule has 176 valence electrons. The molecule has 0 N–H and O–H groups in total. The molecule has 5 heteroatoms. The summed E-state index contributed by atoms with van der Waals surface area (Å²) in [6.45, 7) is 9.55. The van der Waals surface area contributed by atoms with Gasteiger partial charge >= 0.3 is 0 Å². The second kappa shape index (κ2) is 10.6. The van der Waals surface area contributed by atoms with Crippen molar-refractivity contribution in [1.82, 2.24) is 14.5 Å². The quantitative estimate of drug-likeness (QED) is 0.303. The highest BCUT2D eigenvalue weighted by Gasteiger charge is 2.21. The Morgan fingerprint density at radius 3 is 2.26 bits per heavy atom. The van der Waals surface area contributed by atoms with Gasteiger partial charge in [-0.1, -0.05) is 68.4 Å². The number of para-hydroxylation sites is 2. The summed E-state index contributed by atoms with van der Waals surface area (Å²) in [6.07, 6.45) is 0. The Labute approximate surface area is 202 Å². The normalized spacial score (nSPS) is 11.4. The van der Waals surface area contributed by atoms with Gasteiger partial charge in [0.25, 0.3) is 0 Å². The molecule has 1 aromatic heterocycles. The maximum absolute atomic E-state index is 13.5. The lowest BCUT2D eigenvalue weighted by Gasteiger charge is -2.27. The van der Waals surface area contributed by atoms with E-state index in [-0.39, 0.29) is 18.5 Å². The third kappa shape index (κ3) is 5.48. The Kier molecular flexibility index (Phi) is 7.31. The Bertz CT molecular complexity index is 1230. The summed E-state index contributed by atoms with van der Waals surface area (Å²) in [6, 6.07) is 26.3. The lowest BCUT2D eigenvalue weighted by molar-refractivity contribution is -0.134. The summed E-state index contributed by atoms with van der Waals surface area (Å²) in [5.74, 6) is 2.07. The molecule has 0 aliphatic heterocycles. The van der Waals surface area contributed by atoms with Crippen molar-refractivity contribution in [3.8, 4) is 5.75 Å². The molecule has 0 atom stereocenters. The molecule has 1 heterocycles. The number of hydrogen-bond donors (Lipinski definition) is 0. The molecule has 0 saturated carbocycles. The smallest absolute Gasteiger partial charge is 0.243 e. The van der Waals surface area contributed by atoms with E-state index in [0.29, 0.717) is 19.1 Å². The average Bonchev–Trinajstić information content (AvgIpc) is 3.19. The van der Waals surface area contributed by atoms with Crippen LogP contribution in [0.3, 0.4) is 0 Å². The summed E-state index contributed by atoms with van der Waals surface area (Å²) < 4.78 is 8.06. The molecular formula is C29H33N3O2. The van der Waals surface area contributed by atoms with Crippen LogP contribution in [0.2, 0.25) is 0 Å². The molecule has 0 spiro atoms. The number of rotatable bonds is 9. The summed E-state index contributed by atoms with van der Waals surface area (Å²) >= 11 is 0. The van der Waals surface area contributed by atoms with Crippen molar-refractivity contribution in [3.05, 3.63) is 95.8 Å². The predicted molar refractivity (Wildman–Crippen MR) is 137 cm³/mol. The molecule has 4 rings (SSSR count). The van der Waals surface area contributed by atoms with Gasteiger partial charge in [-0.15, -0.1) is 0 Å². The molecule has 0 radical (unpaired) electrons. The minimum atomic E-state index is 0.0598. The zero-order chi connectivity index (χ0) is 24.1. The highest BCUT2D eigenvalue weighted by Crippen LogP contribution is 2.22. The Morgan fingerprint density at radius 1 is 0.912 bits per heavy atom. The van der Waals surface area contributed by atoms with E-state index in [2.05, 4.69) is 52.0 Å². The van der Waals surface area contributed by atoms with Crippen LogP contribution in [0.4, 0.5) is 0 Å². The van der Waals surface area contributed by atoms with Gasteiger partial charge in [0.1, 0.15) is 24.7 Å². The average molecular weight is 456 g/mol. The lowest BCUT2D eigenvalue weighted by Crippen LogP contribution is -2.38. The predicted octanol–water partition coefficient (Wildman–Crippen LogP) is 6.18. The maximum atomic E-state index is 13.5. The van der Waals surface area contributed by atoms with Crippen LogP contribution in [0.1, 0.15) is 50.6 Å². The zero-order valence-electron chi connectivity index (χ0n) is 20.4. The third-order valence-electron chi connectivity index (χ3n) is 6.08. The van der Waals surface area contributed by atoms with Crippen LogP contribution in [0.25, 0.3) is 11.0 Å². The fourth-order valence-corrected chi connectivity index (χ4v) is 4.07. The number of amides is 1. The van der Waals surface area contributed by atoms with Crippen LogP contribution in [-0.4, -0.2) is 26.4 Å². The monoisotopic (exact) mass is 455 g/mol. The van der Waals surface area contributed by atoms with Crippen molar-refractivity contribution >= 4 is 16.9 Å². The van der Waals surface area contributed by atoms with Gasteiger partial charge in [-0.3, -0.25) is 4.79 Å². The Morgan fingerprint density at radius 2 is 1.59 bits per heavy atom. The molecular weight excluding hydrogens is 422 g/mol. The third-order valence-corrected chi connectivity index (χ3v) is 6.08. The fourth-order valence-electron chi connectivity index (χ4n) is 4.07. The standard InChI is InChI=1S/C29H33N3O2/c1-21(2)24-14-16-25(17-15-24)34-20-28-30-26-12-8-9-13-27(26)32(28)19-29(33)31(22(3)4)18-23-10-6-5-7-11-23/h5-17,21-22H,18-20H2,1-4H3. The molecule has 34 heavy (non-hydrogen) atoms. The Hall–Kier alpha value is -3.60. The summed E-state index contributed by atoms with van der Waals surface area (Å²) in [5, 5.41) is 0. The number of aromatic nitrogens is 2. The van der Waals surface area contributed by atoms with Gasteiger partial charge < -0.3 is 14.2 Å². The van der Waals surface area contributed by atoms with Crippen LogP contribution in [0, 0.1) is 0 Å². The number of nitrogens with zero attached hydrogens (tertiary/aromatic N) is 3. The lowest BCUT2D eigenvalue weighted by atomic mass is 10.0. The SMILES string of the molecule is CC(C)c1ccc(OCc2nc3ccccc3n2CC(=O)N(Cc2ccccc2)C(C)C)cc1. The van der Waals surface area contributed by atoms with Gasteiger partial charge in [0.05, 0.1) is 11.0 Å². The molecule has 0 aliphatic carbocycles. The second-order valence-corrected chi connectivity index (χ2v) is 9.22. The first-order chi connectivity index (χ1) is 16.4. The van der Waals surface area contributed by atoms with E-state index in [1.165, 1.54) is 5.56 Å². The van der Waals surface area contributed by atoms with Gasteiger partial charge in [0.15, 0.2) is 0 Å². The number of fused-ring (bicyclic) bond motifs is 1. The number of carbonyl (C=O) groups is 1. The molecule has 0 saturated heterocycles. The molecule has 1 amide bonds. The van der Waals surface area contributed by atoms with Gasteiger partial charge in [0, 0.05) is 12.6 Å². The van der Waals surface area contributed by atoms with Crippen molar-refractivity contribution in [2.24, 2.45) is 0 Å². The van der Waals surface area contributed by atoms with Crippen molar-refractivity contribution in [3.63, 3.8) is 0 Å². The van der Waals surface area contributed by atoms with E-state index in [4.69, 9.17) is 9.72 Å². The topological polar surface area (TPSA) is 47.4 Å². The summed E-state index contributed by atoms with van der Waals surface area (Å²) in [7, 11) is 0. The highest BCUT2D eigenvalue weighted by molar-refractivity contribution is 5.81. The van der Waals surface area contributed by atoms with Crippen LogP contribution < -0.4 is 4.74 Å². The van der Waals surface area contributed by atoms with E-state index in [1.54, 1.807) is 0 Å². The van der Waals surface area contributed by atoms with Crippen LogP contribution >= 0.6 is 0 Å². The number of ether oxygens (including phenoxy) is 1. The van der Waals surface area contributed by atoms with Gasteiger partial charge in [-0.25, -0.2) is 4.98 Å². The molecule has 4 aromatic rings. The van der Waals surface area contributed by atoms with E-state index in [1.807, 2.05) is 64.1 Å². The molecule has 0 aliphatic rings. The number of benzene rings is 3. The molecule has 3 aromatic carbocycles. The number of carbonyl (C=O) groups excluding carboxylic acids is 1. The van der Waals surface area contributed by atoms with Crippen LogP contribution in [-0.2, 0) is 24.5 Å². The largest absolute Gasteiger partial charge is 0.486 e. The van der Waals surface area contributed by atoms with Crippen LogP contribution in [0.15, 0.2) is 78.9 Å². The maximum Gasteiger partial charge on any atom is 0.243 e. The zero-order valence-corrected chi connectivity index (χ0v) is 20.4. The first kappa shape index (κ1) is 23.6. The van der Waals surface area contributed by atoms with Gasteiger partial charge in [-0.05, 0) is 55.2 Å². The number of hydrogen-bond acceptors (Lipinski definition) is 3. The molecule has 5 nitrogen and oxygen atoms in total. The van der Waals surface area contributed by atoms with Gasteiger partial charge in [0.2, 0.25) is 5.91 Å². The van der Waals surface area contributed by atoms with E-state index in [9.17, 15) is 4.79 Å². The van der Waals surface area contributed by atoms with Crippen molar-refractivity contribution in [1.29, 1.82) is 0 Å². The highest BCUT2D eigenvalue weighted by atomic mass is 16.5. The first-order valence-electron chi connectivity index (χ1n) is 11.9. The first-order valence-corrected chi connectivity index (χ1v) is 11.9. The van der Waals surface area contributed by atoms with Crippen molar-refractivity contribution < 1.29 is 9.53 Å². The summed E-state index contributed by atoms with van der Waals surface area (Å²) in [5.41, 5.74) is 4.20. The van der Waals surface area contributed by atoms with E-state index < -0.39 is 0 Å². The van der Waals surface area contributed by atoms with Crippen molar-refractivity contribution in [2.45, 2.75) is 59.4 Å². The second-order valence-electron chi connectivity index (χ2n) is 9.22. The van der Waals surface area contributed by atoms with Gasteiger partial charge in [-0.2, -0.15) is 0 Å². The minimum absolute atomic E-state index is 0.0598. The van der Waals surface area contributed by atoms with E-state index >= 15 is 0 Å². The molecule has 0 bridgehead atoms. The Balaban J connectivity index is 1.56. The number of imidazole rings is 1. The minimum Gasteiger partial charge on any atom is -0.486 e. The van der Waals surface area contributed by atoms with Crippen molar-refractivity contribution in [2.75, 3.05) is 0 Å². The molecule has 0 unspecified atom stereocenters. The van der Waals surface area contributed by atoms with Crippen LogP contribution in [0.5, 0.6) is 5.75 Å². The van der Waals surface area contributed by atoms with E-state index in [0.717, 1.165) is 28.2 Å².